The second kappa shape index (κ2) is 5.08. The van der Waals surface area contributed by atoms with E-state index < -0.39 is 0 Å². The van der Waals surface area contributed by atoms with Crippen LogP contribution in [0.15, 0.2) is 0 Å². The largest absolute Gasteiger partial charge is 0.308 e. The highest BCUT2D eigenvalue weighted by Gasteiger charge is 2.46. The lowest BCUT2D eigenvalue weighted by molar-refractivity contribution is 0.0526. The van der Waals surface area contributed by atoms with Crippen LogP contribution in [0.2, 0.25) is 0 Å². The van der Waals surface area contributed by atoms with Crippen molar-refractivity contribution in [3.05, 3.63) is 15.6 Å². The maximum atomic E-state index is 4.61. The molecule has 1 N–H and O–H groups in total. The van der Waals surface area contributed by atoms with Crippen LogP contribution in [0.3, 0.4) is 0 Å². The van der Waals surface area contributed by atoms with Crippen LogP contribution in [0.5, 0.6) is 0 Å². The highest BCUT2D eigenvalue weighted by Crippen LogP contribution is 2.43. The molecule has 3 nitrogen and oxygen atoms in total. The van der Waals surface area contributed by atoms with Crippen molar-refractivity contribution in [2.24, 2.45) is 5.92 Å². The van der Waals surface area contributed by atoms with Gasteiger partial charge >= 0.3 is 0 Å². The molecule has 0 aromatic carbocycles. The molecule has 2 aliphatic rings. The van der Waals surface area contributed by atoms with Gasteiger partial charge in [0.1, 0.15) is 0 Å². The Morgan fingerprint density at radius 2 is 2.10 bits per heavy atom. The van der Waals surface area contributed by atoms with Gasteiger partial charge in [-0.25, -0.2) is 4.98 Å². The molecule has 1 aliphatic carbocycles. The number of nitrogens with zero attached hydrogens (tertiary/aromatic N) is 2. The number of piperazine rings is 1. The predicted octanol–water partition coefficient (Wildman–Crippen LogP) is 3.28. The topological polar surface area (TPSA) is 28.2 Å². The third-order valence-electron chi connectivity index (χ3n) is 5.17. The highest BCUT2D eigenvalue weighted by atomic mass is 32.1. The average molecular weight is 293 g/mol. The number of rotatable bonds is 3. The van der Waals surface area contributed by atoms with Crippen molar-refractivity contribution in [1.29, 1.82) is 0 Å². The molecule has 0 spiro atoms. The van der Waals surface area contributed by atoms with E-state index in [9.17, 15) is 0 Å². The summed E-state index contributed by atoms with van der Waals surface area (Å²) in [5.41, 5.74) is 1.54. The molecule has 1 saturated heterocycles. The minimum absolute atomic E-state index is 0.314. The SMILES string of the molecule is Cc1nc(C)c(C(C)N2CC(C)(C3CC3)NCC2C)s1. The standard InChI is InChI=1S/C16H27N3S/c1-10-8-17-16(5,14-6-7-14)9-19(10)12(3)15-11(2)18-13(4)20-15/h10,12,14,17H,6-9H2,1-5H3. The van der Waals surface area contributed by atoms with E-state index in [1.165, 1.54) is 28.4 Å². The molecular formula is C16H27N3S. The fourth-order valence-electron chi connectivity index (χ4n) is 3.69. The van der Waals surface area contributed by atoms with Crippen molar-refractivity contribution in [3.63, 3.8) is 0 Å². The van der Waals surface area contributed by atoms with Crippen LogP contribution in [0.25, 0.3) is 0 Å². The van der Waals surface area contributed by atoms with Crippen molar-refractivity contribution in [1.82, 2.24) is 15.2 Å². The Morgan fingerprint density at radius 3 is 2.65 bits per heavy atom. The zero-order valence-corrected chi connectivity index (χ0v) is 14.2. The van der Waals surface area contributed by atoms with E-state index in [0.29, 0.717) is 17.6 Å². The molecule has 1 saturated carbocycles. The maximum Gasteiger partial charge on any atom is 0.0900 e. The minimum Gasteiger partial charge on any atom is -0.308 e. The summed E-state index contributed by atoms with van der Waals surface area (Å²) in [6, 6.07) is 1.08. The normalized spacial score (nSPS) is 33.4. The summed E-state index contributed by atoms with van der Waals surface area (Å²) in [5, 5.41) is 5.00. The highest BCUT2D eigenvalue weighted by molar-refractivity contribution is 7.11. The van der Waals surface area contributed by atoms with Gasteiger partial charge in [-0.05, 0) is 53.4 Å². The summed E-state index contributed by atoms with van der Waals surface area (Å²) in [5.74, 6) is 0.883. The number of hydrogen-bond acceptors (Lipinski definition) is 4. The van der Waals surface area contributed by atoms with Crippen LogP contribution >= 0.6 is 11.3 Å². The van der Waals surface area contributed by atoms with Gasteiger partial charge < -0.3 is 5.32 Å². The van der Waals surface area contributed by atoms with Crippen LogP contribution < -0.4 is 5.32 Å². The number of thiazole rings is 1. The van der Waals surface area contributed by atoms with E-state index in [1.807, 2.05) is 11.3 Å². The van der Waals surface area contributed by atoms with Crippen LogP contribution in [-0.4, -0.2) is 34.6 Å². The van der Waals surface area contributed by atoms with Crippen molar-refractivity contribution >= 4 is 11.3 Å². The summed E-state index contributed by atoms with van der Waals surface area (Å²) in [7, 11) is 0. The zero-order valence-electron chi connectivity index (χ0n) is 13.4. The molecule has 20 heavy (non-hydrogen) atoms. The van der Waals surface area contributed by atoms with Crippen LogP contribution in [0, 0.1) is 19.8 Å². The Hall–Kier alpha value is -0.450. The third kappa shape index (κ3) is 2.53. The molecule has 2 fully saturated rings. The quantitative estimate of drug-likeness (QED) is 0.927. The van der Waals surface area contributed by atoms with E-state index in [0.717, 1.165) is 19.0 Å². The van der Waals surface area contributed by atoms with Crippen molar-refractivity contribution in [3.8, 4) is 0 Å². The van der Waals surface area contributed by atoms with Crippen molar-refractivity contribution < 1.29 is 0 Å². The monoisotopic (exact) mass is 293 g/mol. The zero-order chi connectivity index (χ0) is 14.5. The van der Waals surface area contributed by atoms with E-state index in [1.54, 1.807) is 0 Å². The van der Waals surface area contributed by atoms with Gasteiger partial charge in [0.25, 0.3) is 0 Å². The van der Waals surface area contributed by atoms with Gasteiger partial charge in [-0.3, -0.25) is 4.90 Å². The minimum atomic E-state index is 0.314. The smallest absolute Gasteiger partial charge is 0.0900 e. The third-order valence-corrected chi connectivity index (χ3v) is 6.42. The predicted molar refractivity (Wildman–Crippen MR) is 85.3 cm³/mol. The number of hydrogen-bond donors (Lipinski definition) is 1. The van der Waals surface area contributed by atoms with E-state index >= 15 is 0 Å². The van der Waals surface area contributed by atoms with Crippen LogP contribution in [0.1, 0.15) is 55.2 Å². The summed E-state index contributed by atoms with van der Waals surface area (Å²) in [6.45, 7) is 13.7. The molecule has 0 radical (unpaired) electrons. The Kier molecular flexibility index (Phi) is 3.68. The van der Waals surface area contributed by atoms with Gasteiger partial charge in [0.2, 0.25) is 0 Å². The molecule has 3 unspecified atom stereocenters. The Balaban J connectivity index is 1.81. The first-order chi connectivity index (χ1) is 9.40. The van der Waals surface area contributed by atoms with E-state index in [4.69, 9.17) is 0 Å². The fourth-order valence-corrected chi connectivity index (χ4v) is 4.69. The molecule has 1 aromatic heterocycles. The molecule has 3 rings (SSSR count). The molecule has 1 aromatic rings. The maximum absolute atomic E-state index is 4.61. The summed E-state index contributed by atoms with van der Waals surface area (Å²) in [4.78, 5) is 8.75. The Labute approximate surface area is 126 Å². The molecule has 2 heterocycles. The number of aromatic nitrogens is 1. The average Bonchev–Trinajstić information content (AvgIpc) is 3.18. The summed E-state index contributed by atoms with van der Waals surface area (Å²) >= 11 is 1.87. The number of aryl methyl sites for hydroxylation is 2. The molecule has 0 amide bonds. The van der Waals surface area contributed by atoms with Crippen molar-refractivity contribution in [2.75, 3.05) is 13.1 Å². The van der Waals surface area contributed by atoms with Crippen molar-refractivity contribution in [2.45, 2.75) is 65.1 Å². The number of nitrogens with one attached hydrogen (secondary N) is 1. The summed E-state index contributed by atoms with van der Waals surface area (Å²) in [6.07, 6.45) is 2.80. The van der Waals surface area contributed by atoms with Gasteiger partial charge in [-0.1, -0.05) is 0 Å². The lowest BCUT2D eigenvalue weighted by Crippen LogP contribution is -2.63. The first kappa shape index (κ1) is 14.5. The fraction of sp³-hybridized carbons (Fsp3) is 0.812. The van der Waals surface area contributed by atoms with Crippen LogP contribution in [0.4, 0.5) is 0 Å². The lowest BCUT2D eigenvalue weighted by atomic mass is 9.90. The molecule has 3 atom stereocenters. The van der Waals surface area contributed by atoms with Gasteiger partial charge in [-0.15, -0.1) is 11.3 Å². The van der Waals surface area contributed by atoms with Crippen LogP contribution in [-0.2, 0) is 0 Å². The second-order valence-corrected chi connectivity index (χ2v) is 8.19. The van der Waals surface area contributed by atoms with Gasteiger partial charge in [0.05, 0.1) is 10.7 Å². The first-order valence-electron chi connectivity index (χ1n) is 7.85. The molecule has 1 aliphatic heterocycles. The summed E-state index contributed by atoms with van der Waals surface area (Å²) < 4.78 is 0. The molecular weight excluding hydrogens is 266 g/mol. The van der Waals surface area contributed by atoms with Gasteiger partial charge in [0, 0.05) is 35.6 Å². The van der Waals surface area contributed by atoms with Gasteiger partial charge in [-0.2, -0.15) is 0 Å². The molecule has 4 heteroatoms. The van der Waals surface area contributed by atoms with Gasteiger partial charge in [0.15, 0.2) is 0 Å². The van der Waals surface area contributed by atoms with E-state index in [2.05, 4.69) is 49.8 Å². The Bertz CT molecular complexity index is 494. The van der Waals surface area contributed by atoms with E-state index in [-0.39, 0.29) is 0 Å². The lowest BCUT2D eigenvalue weighted by Gasteiger charge is -2.48. The Morgan fingerprint density at radius 1 is 1.40 bits per heavy atom. The molecule has 112 valence electrons. The first-order valence-corrected chi connectivity index (χ1v) is 8.67. The molecule has 0 bridgehead atoms. The second-order valence-electron chi connectivity index (χ2n) is 6.95.